The third kappa shape index (κ3) is 2.58. The van der Waals surface area contributed by atoms with Gasteiger partial charge in [0.25, 0.3) is 0 Å². The second-order valence-corrected chi connectivity index (χ2v) is 6.33. The van der Waals surface area contributed by atoms with Crippen LogP contribution in [0.4, 0.5) is 0 Å². The van der Waals surface area contributed by atoms with E-state index in [2.05, 4.69) is 33.3 Å². The predicted octanol–water partition coefficient (Wildman–Crippen LogP) is 5.29. The van der Waals surface area contributed by atoms with Crippen LogP contribution in [0.5, 0.6) is 0 Å². The van der Waals surface area contributed by atoms with E-state index >= 15 is 0 Å². The molecule has 0 radical (unpaired) electrons. The van der Waals surface area contributed by atoms with Gasteiger partial charge in [-0.1, -0.05) is 11.6 Å². The number of hydrogen-bond acceptors (Lipinski definition) is 2. The molecule has 2 aromatic heterocycles. The van der Waals surface area contributed by atoms with Crippen LogP contribution in [0.2, 0.25) is 5.02 Å². The van der Waals surface area contributed by atoms with E-state index in [0.29, 0.717) is 11.9 Å². The Morgan fingerprint density at radius 1 is 1.35 bits per heavy atom. The third-order valence-electron chi connectivity index (χ3n) is 3.40. The molecule has 0 aliphatic carbocycles. The molecule has 1 atom stereocenters. The van der Waals surface area contributed by atoms with Crippen LogP contribution in [-0.4, -0.2) is 9.55 Å². The Morgan fingerprint density at radius 2 is 2.20 bits per heavy atom. The highest BCUT2D eigenvalue weighted by Crippen LogP contribution is 2.27. The van der Waals surface area contributed by atoms with Crippen LogP contribution in [0, 0.1) is 0 Å². The van der Waals surface area contributed by atoms with Gasteiger partial charge < -0.3 is 4.57 Å². The molecule has 0 fully saturated rings. The molecule has 0 saturated carbocycles. The van der Waals surface area contributed by atoms with Crippen LogP contribution in [0.15, 0.2) is 35.0 Å². The second kappa shape index (κ2) is 5.76. The molecule has 0 N–H and O–H groups in total. The van der Waals surface area contributed by atoms with Gasteiger partial charge in [0, 0.05) is 11.1 Å². The summed E-state index contributed by atoms with van der Waals surface area (Å²) in [5.74, 6) is 1.30. The quantitative estimate of drug-likeness (QED) is 0.596. The smallest absolute Gasteiger partial charge is 0.125 e. The molecular formula is C15H14Cl2N2S. The van der Waals surface area contributed by atoms with Crippen molar-refractivity contribution in [2.75, 3.05) is 0 Å². The summed E-state index contributed by atoms with van der Waals surface area (Å²) in [6.45, 7) is 2.19. The van der Waals surface area contributed by atoms with E-state index in [-0.39, 0.29) is 0 Å². The average molecular weight is 325 g/mol. The van der Waals surface area contributed by atoms with E-state index < -0.39 is 0 Å². The summed E-state index contributed by atoms with van der Waals surface area (Å²) >= 11 is 13.9. The number of aromatic nitrogens is 2. The predicted molar refractivity (Wildman–Crippen MR) is 87.0 cm³/mol. The molecule has 0 aliphatic rings. The number of imidazole rings is 1. The first-order chi connectivity index (χ1) is 9.69. The van der Waals surface area contributed by atoms with Crippen molar-refractivity contribution in [2.24, 2.45) is 0 Å². The summed E-state index contributed by atoms with van der Waals surface area (Å²) in [6, 6.07) is 8.23. The maximum Gasteiger partial charge on any atom is 0.125 e. The fourth-order valence-electron chi connectivity index (χ4n) is 2.54. The van der Waals surface area contributed by atoms with E-state index in [1.807, 2.05) is 18.2 Å². The molecule has 0 bridgehead atoms. The lowest BCUT2D eigenvalue weighted by molar-refractivity contribution is 0.544. The van der Waals surface area contributed by atoms with Crippen LogP contribution >= 0.6 is 34.5 Å². The normalized spacial score (nSPS) is 12.9. The van der Waals surface area contributed by atoms with Gasteiger partial charge in [-0.2, -0.15) is 11.3 Å². The zero-order chi connectivity index (χ0) is 14.1. The Hall–Kier alpha value is -1.03. The monoisotopic (exact) mass is 324 g/mol. The number of rotatable bonds is 4. The number of halogens is 2. The lowest BCUT2D eigenvalue weighted by atomic mass is 10.1. The Balaban J connectivity index is 2.06. The van der Waals surface area contributed by atoms with E-state index in [4.69, 9.17) is 23.2 Å². The SMILES string of the molecule is CC(Cc1ccsc1)n1c(CCl)nc2ccc(Cl)cc21. The summed E-state index contributed by atoms with van der Waals surface area (Å²) in [7, 11) is 0. The number of nitrogens with zero attached hydrogens (tertiary/aromatic N) is 2. The summed E-state index contributed by atoms with van der Waals surface area (Å²) in [4.78, 5) is 4.60. The second-order valence-electron chi connectivity index (χ2n) is 4.85. The minimum absolute atomic E-state index is 0.293. The van der Waals surface area contributed by atoms with Crippen molar-refractivity contribution in [3.8, 4) is 0 Å². The molecule has 2 nitrogen and oxygen atoms in total. The summed E-state index contributed by atoms with van der Waals surface area (Å²) in [5.41, 5.74) is 3.34. The lowest BCUT2D eigenvalue weighted by Crippen LogP contribution is -2.10. The number of fused-ring (bicyclic) bond motifs is 1. The molecule has 1 aromatic carbocycles. The van der Waals surface area contributed by atoms with Crippen LogP contribution in [0.3, 0.4) is 0 Å². The molecule has 3 aromatic rings. The van der Waals surface area contributed by atoms with Crippen molar-refractivity contribution in [2.45, 2.75) is 25.3 Å². The fourth-order valence-corrected chi connectivity index (χ4v) is 3.58. The van der Waals surface area contributed by atoms with E-state index in [9.17, 15) is 0 Å². The van der Waals surface area contributed by atoms with Gasteiger partial charge in [0.1, 0.15) is 5.82 Å². The summed E-state index contributed by atoms with van der Waals surface area (Å²) in [5, 5.41) is 5.01. The first-order valence-corrected chi connectivity index (χ1v) is 8.28. The lowest BCUT2D eigenvalue weighted by Gasteiger charge is -2.16. The van der Waals surface area contributed by atoms with Crippen molar-refractivity contribution < 1.29 is 0 Å². The molecule has 20 heavy (non-hydrogen) atoms. The number of hydrogen-bond donors (Lipinski definition) is 0. The maximum absolute atomic E-state index is 6.12. The molecule has 2 heterocycles. The van der Waals surface area contributed by atoms with E-state index in [1.165, 1.54) is 5.56 Å². The first-order valence-electron chi connectivity index (χ1n) is 6.42. The van der Waals surface area contributed by atoms with Gasteiger partial charge in [0.05, 0.1) is 16.9 Å². The minimum atomic E-state index is 0.293. The van der Waals surface area contributed by atoms with Crippen molar-refractivity contribution in [3.63, 3.8) is 0 Å². The third-order valence-corrected chi connectivity index (χ3v) is 4.60. The van der Waals surface area contributed by atoms with Crippen LogP contribution in [0.25, 0.3) is 11.0 Å². The highest BCUT2D eigenvalue weighted by atomic mass is 35.5. The highest BCUT2D eigenvalue weighted by molar-refractivity contribution is 7.07. The van der Waals surface area contributed by atoms with Gasteiger partial charge in [0.15, 0.2) is 0 Å². The minimum Gasteiger partial charge on any atom is -0.324 e. The largest absolute Gasteiger partial charge is 0.324 e. The Labute approximate surface area is 132 Å². The molecule has 3 rings (SSSR count). The van der Waals surface area contributed by atoms with Gasteiger partial charge in [-0.25, -0.2) is 4.98 Å². The van der Waals surface area contributed by atoms with Gasteiger partial charge in [0.2, 0.25) is 0 Å². The number of thiophene rings is 1. The van der Waals surface area contributed by atoms with Crippen LogP contribution in [0.1, 0.15) is 24.4 Å². The van der Waals surface area contributed by atoms with E-state index in [0.717, 1.165) is 28.3 Å². The highest BCUT2D eigenvalue weighted by Gasteiger charge is 2.16. The topological polar surface area (TPSA) is 17.8 Å². The molecule has 0 aliphatic heterocycles. The molecule has 5 heteroatoms. The number of benzene rings is 1. The molecule has 1 unspecified atom stereocenters. The standard InChI is InChI=1S/C15H14Cl2N2S/c1-10(6-11-4-5-20-9-11)19-14-7-12(17)2-3-13(14)18-15(19)8-16/h2-5,7,9-10H,6,8H2,1H3. The molecule has 0 amide bonds. The molecule has 0 saturated heterocycles. The first kappa shape index (κ1) is 13.9. The molecule has 104 valence electrons. The Kier molecular flexibility index (Phi) is 4.01. The van der Waals surface area contributed by atoms with Crippen molar-refractivity contribution >= 4 is 45.6 Å². The zero-order valence-electron chi connectivity index (χ0n) is 11.0. The van der Waals surface area contributed by atoms with E-state index in [1.54, 1.807) is 11.3 Å². The number of alkyl halides is 1. The van der Waals surface area contributed by atoms with Crippen molar-refractivity contribution in [1.29, 1.82) is 0 Å². The van der Waals surface area contributed by atoms with Gasteiger partial charge in [-0.15, -0.1) is 11.6 Å². The van der Waals surface area contributed by atoms with Gasteiger partial charge in [-0.05, 0) is 53.9 Å². The molecular weight excluding hydrogens is 311 g/mol. The van der Waals surface area contributed by atoms with Crippen LogP contribution < -0.4 is 0 Å². The Bertz CT molecular complexity index is 719. The zero-order valence-corrected chi connectivity index (χ0v) is 13.3. The summed E-state index contributed by atoms with van der Waals surface area (Å²) in [6.07, 6.45) is 0.964. The fraction of sp³-hybridized carbons (Fsp3) is 0.267. The Morgan fingerprint density at radius 3 is 2.90 bits per heavy atom. The summed E-state index contributed by atoms with van der Waals surface area (Å²) < 4.78 is 2.20. The van der Waals surface area contributed by atoms with Gasteiger partial charge in [-0.3, -0.25) is 0 Å². The van der Waals surface area contributed by atoms with Crippen LogP contribution in [-0.2, 0) is 12.3 Å². The average Bonchev–Trinajstić information content (AvgIpc) is 3.04. The van der Waals surface area contributed by atoms with Crippen molar-refractivity contribution in [1.82, 2.24) is 9.55 Å². The van der Waals surface area contributed by atoms with Gasteiger partial charge >= 0.3 is 0 Å². The van der Waals surface area contributed by atoms with Crippen molar-refractivity contribution in [3.05, 3.63) is 51.4 Å². The molecule has 0 spiro atoms. The maximum atomic E-state index is 6.12.